The molecule has 0 aromatic heterocycles. The first-order chi connectivity index (χ1) is 9.88. The number of hydrogen-bond donors (Lipinski definition) is 0. The van der Waals surface area contributed by atoms with Gasteiger partial charge in [-0.15, -0.1) is 0 Å². The van der Waals surface area contributed by atoms with E-state index in [-0.39, 0.29) is 61.6 Å². The Morgan fingerprint density at radius 1 is 0.909 bits per heavy atom. The van der Waals surface area contributed by atoms with E-state index in [0.717, 1.165) is 4.90 Å². The average Bonchev–Trinajstić information content (AvgIpc) is 2.44. The van der Waals surface area contributed by atoms with Crippen LogP contribution in [0.3, 0.4) is 0 Å². The first-order valence-electron chi connectivity index (χ1n) is 6.14. The van der Waals surface area contributed by atoms with Crippen LogP contribution >= 0.6 is 23.2 Å². The molecule has 0 aliphatic carbocycles. The summed E-state index contributed by atoms with van der Waals surface area (Å²) >= 11 is 11.7. The summed E-state index contributed by atoms with van der Waals surface area (Å²) in [5.74, 6) is -3.07. The van der Waals surface area contributed by atoms with Gasteiger partial charge >= 0.3 is 29.6 Å². The molecule has 9 heteroatoms. The molecule has 2 amide bonds. The van der Waals surface area contributed by atoms with E-state index < -0.39 is 11.9 Å². The van der Waals surface area contributed by atoms with Gasteiger partial charge in [0.05, 0.1) is 0 Å². The molecule has 1 fully saturated rings. The third-order valence-corrected chi connectivity index (χ3v) is 3.57. The summed E-state index contributed by atoms with van der Waals surface area (Å²) in [6.07, 6.45) is 0. The molecule has 1 aromatic carbocycles. The number of carboxylic acids is 1. The van der Waals surface area contributed by atoms with Crippen LogP contribution in [-0.2, 0) is 9.59 Å². The van der Waals surface area contributed by atoms with Gasteiger partial charge in [0.1, 0.15) is 5.97 Å². The summed E-state index contributed by atoms with van der Waals surface area (Å²) in [5, 5.41) is 11.2. The van der Waals surface area contributed by atoms with E-state index in [4.69, 9.17) is 23.2 Å². The molecule has 0 saturated carbocycles. The van der Waals surface area contributed by atoms with Gasteiger partial charge in [-0.3, -0.25) is 9.59 Å². The molecule has 112 valence electrons. The van der Waals surface area contributed by atoms with Crippen LogP contribution in [0.25, 0.3) is 0 Å². The first kappa shape index (κ1) is 19.3. The number of carbonyl (C=O) groups excluding carboxylic acids is 3. The zero-order valence-corrected chi connectivity index (χ0v) is 15.4. The molecular formula is C13H11Cl2N2NaO4. The van der Waals surface area contributed by atoms with Crippen molar-refractivity contribution >= 4 is 41.0 Å². The van der Waals surface area contributed by atoms with Gasteiger partial charge in [0.25, 0.3) is 11.8 Å². The molecular weight excluding hydrogens is 342 g/mol. The topological polar surface area (TPSA) is 80.8 Å². The maximum Gasteiger partial charge on any atom is 1.00 e. The monoisotopic (exact) mass is 352 g/mol. The Morgan fingerprint density at radius 3 is 1.82 bits per heavy atom. The van der Waals surface area contributed by atoms with Crippen molar-refractivity contribution in [2.75, 3.05) is 26.2 Å². The summed E-state index contributed by atoms with van der Waals surface area (Å²) in [4.78, 5) is 36.7. The Hall–Kier alpha value is -0.790. The number of rotatable bonds is 1. The molecule has 0 N–H and O–H groups in total. The number of halogens is 2. The number of piperazine rings is 1. The number of benzene rings is 1. The minimum Gasteiger partial charge on any atom is -0.540 e. The zero-order chi connectivity index (χ0) is 15.6. The van der Waals surface area contributed by atoms with Crippen LogP contribution in [-0.4, -0.2) is 53.8 Å². The van der Waals surface area contributed by atoms with Crippen LogP contribution in [0.2, 0.25) is 10.0 Å². The molecule has 0 spiro atoms. The van der Waals surface area contributed by atoms with Crippen LogP contribution in [0, 0.1) is 0 Å². The fourth-order valence-corrected chi connectivity index (χ4v) is 2.63. The number of nitrogens with zero attached hydrogens (tertiary/aromatic N) is 2. The van der Waals surface area contributed by atoms with Crippen LogP contribution < -0.4 is 34.7 Å². The molecule has 2 rings (SSSR count). The zero-order valence-electron chi connectivity index (χ0n) is 11.8. The second kappa shape index (κ2) is 8.17. The van der Waals surface area contributed by atoms with Crippen LogP contribution in [0.1, 0.15) is 10.4 Å². The van der Waals surface area contributed by atoms with Crippen molar-refractivity contribution in [3.63, 3.8) is 0 Å². The van der Waals surface area contributed by atoms with E-state index in [9.17, 15) is 19.5 Å². The SMILES string of the molecule is O=C([O-])C(=O)N1CCN(C(=O)c2cc(Cl)cc(Cl)c2)CC1.[Na+]. The van der Waals surface area contributed by atoms with Crippen LogP contribution in [0.5, 0.6) is 0 Å². The Kier molecular flexibility index (Phi) is 7.15. The van der Waals surface area contributed by atoms with Crippen molar-refractivity contribution in [2.45, 2.75) is 0 Å². The minimum atomic E-state index is -1.74. The smallest absolute Gasteiger partial charge is 0.540 e. The van der Waals surface area contributed by atoms with Crippen molar-refractivity contribution in [3.05, 3.63) is 33.8 Å². The molecule has 1 heterocycles. The largest absolute Gasteiger partial charge is 1.00 e. The van der Waals surface area contributed by atoms with Gasteiger partial charge in [-0.2, -0.15) is 0 Å². The summed E-state index contributed by atoms with van der Waals surface area (Å²) < 4.78 is 0. The second-order valence-corrected chi connectivity index (χ2v) is 5.40. The van der Waals surface area contributed by atoms with Gasteiger partial charge in [-0.25, -0.2) is 0 Å². The predicted octanol–water partition coefficient (Wildman–Crippen LogP) is -2.97. The van der Waals surface area contributed by atoms with Crippen molar-refractivity contribution in [2.24, 2.45) is 0 Å². The molecule has 1 aromatic rings. The Morgan fingerprint density at radius 2 is 1.36 bits per heavy atom. The van der Waals surface area contributed by atoms with Crippen molar-refractivity contribution in [3.8, 4) is 0 Å². The van der Waals surface area contributed by atoms with Gasteiger partial charge < -0.3 is 19.7 Å². The molecule has 1 aliphatic heterocycles. The van der Waals surface area contributed by atoms with Gasteiger partial charge in [0.2, 0.25) is 0 Å². The van der Waals surface area contributed by atoms with Gasteiger partial charge in [-0.1, -0.05) is 23.2 Å². The molecule has 1 aliphatic rings. The molecule has 0 bridgehead atoms. The summed E-state index contributed by atoms with van der Waals surface area (Å²) in [6.45, 7) is 0.768. The van der Waals surface area contributed by atoms with E-state index in [2.05, 4.69) is 0 Å². The normalized spacial score (nSPS) is 14.3. The quantitative estimate of drug-likeness (QED) is 0.399. The average molecular weight is 353 g/mol. The molecule has 0 radical (unpaired) electrons. The third kappa shape index (κ3) is 4.60. The Labute approximate surface area is 159 Å². The first-order valence-corrected chi connectivity index (χ1v) is 6.89. The third-order valence-electron chi connectivity index (χ3n) is 3.14. The van der Waals surface area contributed by atoms with Crippen LogP contribution in [0.15, 0.2) is 18.2 Å². The van der Waals surface area contributed by atoms with Crippen LogP contribution in [0.4, 0.5) is 0 Å². The van der Waals surface area contributed by atoms with Crippen molar-refractivity contribution < 1.29 is 49.0 Å². The maximum atomic E-state index is 12.3. The summed E-state index contributed by atoms with van der Waals surface area (Å²) in [5.41, 5.74) is 0.354. The number of aliphatic carboxylic acids is 1. The number of carboxylic acid groups (broad SMARTS) is 1. The second-order valence-electron chi connectivity index (χ2n) is 4.53. The van der Waals surface area contributed by atoms with E-state index in [1.165, 1.54) is 23.1 Å². The van der Waals surface area contributed by atoms with E-state index in [1.54, 1.807) is 0 Å². The van der Waals surface area contributed by atoms with Gasteiger partial charge in [0, 0.05) is 41.8 Å². The number of amides is 2. The Balaban J connectivity index is 0.00000242. The van der Waals surface area contributed by atoms with Crippen molar-refractivity contribution in [1.82, 2.24) is 9.80 Å². The van der Waals surface area contributed by atoms with E-state index in [0.29, 0.717) is 15.6 Å². The Bertz CT molecular complexity index is 583. The van der Waals surface area contributed by atoms with E-state index in [1.807, 2.05) is 0 Å². The molecule has 0 atom stereocenters. The number of hydrogen-bond acceptors (Lipinski definition) is 4. The summed E-state index contributed by atoms with van der Waals surface area (Å²) in [6, 6.07) is 4.54. The fourth-order valence-electron chi connectivity index (χ4n) is 2.10. The minimum absolute atomic E-state index is 0. The molecule has 22 heavy (non-hydrogen) atoms. The van der Waals surface area contributed by atoms with Gasteiger partial charge in [-0.05, 0) is 18.2 Å². The molecule has 0 unspecified atom stereocenters. The summed E-state index contributed by atoms with van der Waals surface area (Å²) in [7, 11) is 0. The number of carbonyl (C=O) groups is 3. The van der Waals surface area contributed by atoms with Crippen molar-refractivity contribution in [1.29, 1.82) is 0 Å². The van der Waals surface area contributed by atoms with Gasteiger partial charge in [0.15, 0.2) is 0 Å². The fraction of sp³-hybridized carbons (Fsp3) is 0.308. The maximum absolute atomic E-state index is 12.3. The predicted molar refractivity (Wildman–Crippen MR) is 74.0 cm³/mol. The molecule has 1 saturated heterocycles. The molecule has 6 nitrogen and oxygen atoms in total. The standard InChI is InChI=1S/C13H12Cl2N2O4.Na/c14-9-5-8(6-10(15)7-9)11(18)16-1-3-17(4-2-16)12(19)13(20)21;/h5-7H,1-4H2,(H,20,21);/q;+1/p-1. The van der Waals surface area contributed by atoms with E-state index >= 15 is 0 Å².